The number of amidine groups is 1. The first-order valence-corrected chi connectivity index (χ1v) is 6.46. The number of morpholine rings is 1. The number of rotatable bonds is 3. The van der Waals surface area contributed by atoms with E-state index in [1.165, 1.54) is 6.07 Å². The SMILES string of the molecule is CC1CN(c2ccc([N+](=O)[O-])c(/C(N)=N/O)n2)CC(C)O1. The first-order chi connectivity index (χ1) is 9.92. The summed E-state index contributed by atoms with van der Waals surface area (Å²) >= 11 is 0. The van der Waals surface area contributed by atoms with E-state index in [0.717, 1.165) is 0 Å². The van der Waals surface area contributed by atoms with Crippen LogP contribution in [0.25, 0.3) is 0 Å². The molecule has 1 saturated heterocycles. The van der Waals surface area contributed by atoms with Crippen molar-refractivity contribution in [3.8, 4) is 0 Å². The zero-order valence-electron chi connectivity index (χ0n) is 11.8. The molecule has 2 atom stereocenters. The van der Waals surface area contributed by atoms with Crippen LogP contribution in [-0.4, -0.2) is 46.2 Å². The molecule has 1 aliphatic heterocycles. The van der Waals surface area contributed by atoms with Crippen LogP contribution in [0.4, 0.5) is 11.5 Å². The van der Waals surface area contributed by atoms with Gasteiger partial charge in [-0.15, -0.1) is 0 Å². The molecule has 0 radical (unpaired) electrons. The Balaban J connectivity index is 2.39. The Labute approximate surface area is 121 Å². The normalized spacial score (nSPS) is 23.1. The Kier molecular flexibility index (Phi) is 4.22. The van der Waals surface area contributed by atoms with Crippen molar-refractivity contribution < 1.29 is 14.9 Å². The van der Waals surface area contributed by atoms with Crippen LogP contribution < -0.4 is 10.6 Å². The second-order valence-corrected chi connectivity index (χ2v) is 4.94. The Morgan fingerprint density at radius 1 is 1.52 bits per heavy atom. The van der Waals surface area contributed by atoms with Crippen LogP contribution in [0.15, 0.2) is 17.3 Å². The number of nitrogens with zero attached hydrogens (tertiary/aromatic N) is 4. The van der Waals surface area contributed by atoms with Gasteiger partial charge < -0.3 is 20.6 Å². The molecule has 0 amide bonds. The van der Waals surface area contributed by atoms with Gasteiger partial charge in [-0.25, -0.2) is 4.98 Å². The minimum atomic E-state index is -0.616. The third-order valence-electron chi connectivity index (χ3n) is 3.15. The summed E-state index contributed by atoms with van der Waals surface area (Å²) in [5.74, 6) is 0.141. The molecule has 0 spiro atoms. The number of ether oxygens (including phenoxy) is 1. The highest BCUT2D eigenvalue weighted by Gasteiger charge is 2.26. The molecule has 2 unspecified atom stereocenters. The number of aromatic nitrogens is 1. The van der Waals surface area contributed by atoms with Crippen LogP contribution in [0.2, 0.25) is 0 Å². The zero-order chi connectivity index (χ0) is 15.6. The van der Waals surface area contributed by atoms with Crippen LogP contribution in [0, 0.1) is 10.1 Å². The van der Waals surface area contributed by atoms with Crippen molar-refractivity contribution in [2.45, 2.75) is 26.1 Å². The monoisotopic (exact) mass is 295 g/mol. The quantitative estimate of drug-likeness (QED) is 0.276. The lowest BCUT2D eigenvalue weighted by Crippen LogP contribution is -2.46. The van der Waals surface area contributed by atoms with Crippen molar-refractivity contribution in [1.29, 1.82) is 0 Å². The predicted molar refractivity (Wildman–Crippen MR) is 75.6 cm³/mol. The number of nitro groups is 1. The molecule has 9 heteroatoms. The number of pyridine rings is 1. The van der Waals surface area contributed by atoms with E-state index in [0.29, 0.717) is 18.9 Å². The Bertz CT molecular complexity index is 567. The highest BCUT2D eigenvalue weighted by atomic mass is 16.6. The van der Waals surface area contributed by atoms with Gasteiger partial charge in [0, 0.05) is 19.2 Å². The fourth-order valence-electron chi connectivity index (χ4n) is 2.37. The maximum atomic E-state index is 11.0. The molecule has 9 nitrogen and oxygen atoms in total. The summed E-state index contributed by atoms with van der Waals surface area (Å²) in [4.78, 5) is 16.5. The van der Waals surface area contributed by atoms with Gasteiger partial charge in [-0.2, -0.15) is 0 Å². The molecule has 1 aromatic rings. The fraction of sp³-hybridized carbons (Fsp3) is 0.500. The molecule has 0 bridgehead atoms. The van der Waals surface area contributed by atoms with Crippen LogP contribution in [-0.2, 0) is 4.74 Å². The lowest BCUT2D eigenvalue weighted by Gasteiger charge is -2.36. The third-order valence-corrected chi connectivity index (χ3v) is 3.15. The first kappa shape index (κ1) is 15.0. The van der Waals surface area contributed by atoms with Crippen molar-refractivity contribution in [2.75, 3.05) is 18.0 Å². The summed E-state index contributed by atoms with van der Waals surface area (Å²) in [5, 5.41) is 22.5. The van der Waals surface area contributed by atoms with E-state index in [-0.39, 0.29) is 23.6 Å². The number of hydrogen-bond donors (Lipinski definition) is 2. The molecule has 2 heterocycles. The Hall–Kier alpha value is -2.42. The van der Waals surface area contributed by atoms with E-state index in [1.54, 1.807) is 6.07 Å². The van der Waals surface area contributed by atoms with Gasteiger partial charge >= 0.3 is 0 Å². The number of nitrogens with two attached hydrogens (primary N) is 1. The van der Waals surface area contributed by atoms with Gasteiger partial charge in [0.1, 0.15) is 5.82 Å². The molecule has 21 heavy (non-hydrogen) atoms. The molecule has 0 saturated carbocycles. The van der Waals surface area contributed by atoms with E-state index < -0.39 is 10.8 Å². The van der Waals surface area contributed by atoms with E-state index in [2.05, 4.69) is 10.1 Å². The second-order valence-electron chi connectivity index (χ2n) is 4.94. The van der Waals surface area contributed by atoms with E-state index in [1.807, 2.05) is 18.7 Å². The van der Waals surface area contributed by atoms with Crippen molar-refractivity contribution in [3.05, 3.63) is 27.9 Å². The largest absolute Gasteiger partial charge is 0.409 e. The van der Waals surface area contributed by atoms with E-state index in [4.69, 9.17) is 15.7 Å². The summed E-state index contributed by atoms with van der Waals surface area (Å²) < 4.78 is 5.63. The van der Waals surface area contributed by atoms with Crippen LogP contribution in [0.1, 0.15) is 19.5 Å². The minimum absolute atomic E-state index is 0.0260. The summed E-state index contributed by atoms with van der Waals surface area (Å²) in [6.45, 7) is 5.12. The Morgan fingerprint density at radius 3 is 2.67 bits per heavy atom. The fourth-order valence-corrected chi connectivity index (χ4v) is 2.37. The summed E-state index contributed by atoms with van der Waals surface area (Å²) in [7, 11) is 0. The third kappa shape index (κ3) is 3.19. The molecule has 0 aliphatic carbocycles. The highest BCUT2D eigenvalue weighted by Crippen LogP contribution is 2.23. The number of anilines is 1. The average molecular weight is 295 g/mol. The smallest absolute Gasteiger partial charge is 0.298 e. The van der Waals surface area contributed by atoms with Crippen LogP contribution in [0.5, 0.6) is 0 Å². The van der Waals surface area contributed by atoms with Gasteiger partial charge in [0.05, 0.1) is 17.1 Å². The Morgan fingerprint density at radius 2 is 2.14 bits per heavy atom. The lowest BCUT2D eigenvalue weighted by molar-refractivity contribution is -0.385. The topological polar surface area (TPSA) is 127 Å². The van der Waals surface area contributed by atoms with Gasteiger partial charge in [0.25, 0.3) is 5.69 Å². The maximum absolute atomic E-state index is 11.0. The van der Waals surface area contributed by atoms with Crippen molar-refractivity contribution in [2.24, 2.45) is 10.9 Å². The van der Waals surface area contributed by atoms with Gasteiger partial charge in [-0.05, 0) is 19.9 Å². The maximum Gasteiger partial charge on any atom is 0.298 e. The molecular weight excluding hydrogens is 278 g/mol. The molecule has 2 rings (SSSR count). The van der Waals surface area contributed by atoms with Crippen molar-refractivity contribution >= 4 is 17.3 Å². The number of hydrogen-bond acceptors (Lipinski definition) is 7. The van der Waals surface area contributed by atoms with Crippen LogP contribution in [0.3, 0.4) is 0 Å². The summed E-state index contributed by atoms with van der Waals surface area (Å²) in [6, 6.07) is 2.86. The van der Waals surface area contributed by atoms with Crippen LogP contribution >= 0.6 is 0 Å². The summed E-state index contributed by atoms with van der Waals surface area (Å²) in [5.41, 5.74) is 5.03. The zero-order valence-corrected chi connectivity index (χ0v) is 11.8. The van der Waals surface area contributed by atoms with Gasteiger partial charge in [-0.1, -0.05) is 5.16 Å². The first-order valence-electron chi connectivity index (χ1n) is 6.46. The van der Waals surface area contributed by atoms with Crippen molar-refractivity contribution in [1.82, 2.24) is 4.98 Å². The molecule has 3 N–H and O–H groups in total. The molecular formula is C12H17N5O4. The molecule has 1 fully saturated rings. The molecule has 0 aromatic carbocycles. The molecule has 1 aliphatic rings. The van der Waals surface area contributed by atoms with E-state index >= 15 is 0 Å². The molecule has 1 aromatic heterocycles. The average Bonchev–Trinajstić information content (AvgIpc) is 2.44. The van der Waals surface area contributed by atoms with Crippen molar-refractivity contribution in [3.63, 3.8) is 0 Å². The standard InChI is InChI=1S/C12H17N5O4/c1-7-5-16(6-8(2)21-7)10-4-3-9(17(19)20)11(14-10)12(13)15-18/h3-4,7-8,18H,5-6H2,1-2H3,(H2,13,15). The van der Waals surface area contributed by atoms with E-state index in [9.17, 15) is 10.1 Å². The highest BCUT2D eigenvalue weighted by molar-refractivity contribution is 5.99. The minimum Gasteiger partial charge on any atom is -0.409 e. The second kappa shape index (κ2) is 5.92. The van der Waals surface area contributed by atoms with Gasteiger partial charge in [0.15, 0.2) is 11.5 Å². The summed E-state index contributed by atoms with van der Waals surface area (Å²) in [6.07, 6.45) is 0.0519. The predicted octanol–water partition coefficient (Wildman–Crippen LogP) is 0.698. The van der Waals surface area contributed by atoms with Gasteiger partial charge in [0.2, 0.25) is 0 Å². The lowest BCUT2D eigenvalue weighted by atomic mass is 10.2. The van der Waals surface area contributed by atoms with Gasteiger partial charge in [-0.3, -0.25) is 10.1 Å². The molecule has 114 valence electrons. The number of oxime groups is 1.